The molecular formula is C9H9BrF4N2O2S2. The van der Waals surface area contributed by atoms with E-state index >= 15 is 0 Å². The zero-order valence-corrected chi connectivity index (χ0v) is 12.9. The van der Waals surface area contributed by atoms with Gasteiger partial charge in [-0.25, -0.2) is 17.5 Å². The van der Waals surface area contributed by atoms with Gasteiger partial charge in [0.25, 0.3) is 0 Å². The molecule has 1 aromatic rings. The van der Waals surface area contributed by atoms with Crippen LogP contribution in [-0.4, -0.2) is 26.2 Å². The van der Waals surface area contributed by atoms with Crippen LogP contribution in [0.25, 0.3) is 0 Å². The molecule has 0 heterocycles. The molecule has 0 saturated heterocycles. The van der Waals surface area contributed by atoms with Crippen molar-refractivity contribution < 1.29 is 26.0 Å². The van der Waals surface area contributed by atoms with Gasteiger partial charge in [-0.05, 0) is 39.8 Å². The van der Waals surface area contributed by atoms with Gasteiger partial charge < -0.3 is 5.73 Å². The van der Waals surface area contributed by atoms with E-state index in [9.17, 15) is 26.0 Å². The highest BCUT2D eigenvalue weighted by atomic mass is 79.9. The SMILES string of the molecule is Nc1cc(F)c(Br)cc1S(=O)(=O)NCCSC(F)(F)F. The first-order valence-electron chi connectivity index (χ1n) is 4.98. The maximum Gasteiger partial charge on any atom is 0.441 e. The second-order valence-corrected chi connectivity index (χ2v) is 7.25. The molecule has 20 heavy (non-hydrogen) atoms. The van der Waals surface area contributed by atoms with Crippen molar-refractivity contribution in [3.8, 4) is 0 Å². The number of hydrogen-bond acceptors (Lipinski definition) is 4. The average Bonchev–Trinajstić information content (AvgIpc) is 2.28. The van der Waals surface area contributed by atoms with E-state index in [-0.39, 0.29) is 21.9 Å². The summed E-state index contributed by atoms with van der Waals surface area (Å²) in [6.45, 7) is -0.430. The van der Waals surface area contributed by atoms with Gasteiger partial charge in [0.2, 0.25) is 10.0 Å². The second kappa shape index (κ2) is 6.50. The first-order valence-corrected chi connectivity index (χ1v) is 8.24. The van der Waals surface area contributed by atoms with E-state index < -0.39 is 38.5 Å². The smallest absolute Gasteiger partial charge is 0.398 e. The minimum absolute atomic E-state index is 0.114. The van der Waals surface area contributed by atoms with Crippen molar-refractivity contribution in [2.45, 2.75) is 10.4 Å². The summed E-state index contributed by atoms with van der Waals surface area (Å²) in [6.07, 6.45) is 0. The summed E-state index contributed by atoms with van der Waals surface area (Å²) >= 11 is 2.46. The first kappa shape index (κ1) is 17.5. The van der Waals surface area contributed by atoms with E-state index in [1.165, 1.54) is 0 Å². The van der Waals surface area contributed by atoms with Crippen LogP contribution in [0.5, 0.6) is 0 Å². The van der Waals surface area contributed by atoms with E-state index in [1.54, 1.807) is 0 Å². The topological polar surface area (TPSA) is 72.2 Å². The lowest BCUT2D eigenvalue weighted by Gasteiger charge is -2.10. The van der Waals surface area contributed by atoms with Crippen LogP contribution in [0, 0.1) is 5.82 Å². The molecule has 3 N–H and O–H groups in total. The Balaban J connectivity index is 2.77. The van der Waals surface area contributed by atoms with E-state index in [0.717, 1.165) is 12.1 Å². The van der Waals surface area contributed by atoms with Crippen LogP contribution in [0.2, 0.25) is 0 Å². The summed E-state index contributed by atoms with van der Waals surface area (Å²) in [5.41, 5.74) is 0.626. The van der Waals surface area contributed by atoms with Crippen molar-refractivity contribution >= 4 is 43.4 Å². The quantitative estimate of drug-likeness (QED) is 0.455. The molecular weight excluding hydrogens is 388 g/mol. The van der Waals surface area contributed by atoms with Crippen molar-refractivity contribution in [3.05, 3.63) is 22.4 Å². The first-order chi connectivity index (χ1) is 9.03. The molecule has 4 nitrogen and oxygen atoms in total. The maximum absolute atomic E-state index is 13.1. The normalized spacial score (nSPS) is 12.7. The second-order valence-electron chi connectivity index (χ2n) is 3.50. The van der Waals surface area contributed by atoms with Gasteiger partial charge >= 0.3 is 5.51 Å². The fourth-order valence-corrected chi connectivity index (χ4v) is 3.43. The predicted molar refractivity (Wildman–Crippen MR) is 72.2 cm³/mol. The lowest BCUT2D eigenvalue weighted by atomic mass is 10.3. The number of sulfonamides is 1. The van der Waals surface area contributed by atoms with Crippen molar-refractivity contribution in [1.29, 1.82) is 0 Å². The molecule has 0 amide bonds. The Hall–Kier alpha value is -0.520. The van der Waals surface area contributed by atoms with Crippen molar-refractivity contribution in [2.75, 3.05) is 18.0 Å². The number of nitrogens with two attached hydrogens (primary N) is 1. The van der Waals surface area contributed by atoms with Crippen LogP contribution < -0.4 is 10.5 Å². The number of benzene rings is 1. The fraction of sp³-hybridized carbons (Fsp3) is 0.333. The third kappa shape index (κ3) is 5.11. The largest absolute Gasteiger partial charge is 0.441 e. The molecule has 11 heteroatoms. The molecule has 0 bridgehead atoms. The molecule has 1 rings (SSSR count). The Morgan fingerprint density at radius 3 is 2.50 bits per heavy atom. The highest BCUT2D eigenvalue weighted by molar-refractivity contribution is 9.10. The lowest BCUT2D eigenvalue weighted by Crippen LogP contribution is -2.27. The number of rotatable bonds is 5. The Morgan fingerprint density at radius 1 is 1.35 bits per heavy atom. The summed E-state index contributed by atoms with van der Waals surface area (Å²) in [4.78, 5) is -0.400. The van der Waals surface area contributed by atoms with Crippen molar-refractivity contribution in [2.24, 2.45) is 0 Å². The molecule has 114 valence electrons. The molecule has 0 saturated carbocycles. The molecule has 0 unspecified atom stereocenters. The number of nitrogen functional groups attached to an aromatic ring is 1. The highest BCUT2D eigenvalue weighted by Gasteiger charge is 2.28. The molecule has 0 aliphatic heterocycles. The minimum Gasteiger partial charge on any atom is -0.398 e. The molecule has 1 aromatic carbocycles. The van der Waals surface area contributed by atoms with Gasteiger partial charge in [0, 0.05) is 12.3 Å². The number of halogens is 5. The summed E-state index contributed by atoms with van der Waals surface area (Å²) < 4.78 is 74.2. The van der Waals surface area contributed by atoms with Crippen molar-refractivity contribution in [1.82, 2.24) is 4.72 Å². The molecule has 0 aliphatic carbocycles. The molecule has 0 radical (unpaired) electrons. The maximum atomic E-state index is 13.1. The summed E-state index contributed by atoms with van der Waals surface area (Å²) in [5.74, 6) is -1.22. The third-order valence-corrected chi connectivity index (χ3v) is 4.86. The van der Waals surface area contributed by atoms with Crippen LogP contribution in [0.4, 0.5) is 23.2 Å². The lowest BCUT2D eigenvalue weighted by molar-refractivity contribution is -0.0327. The van der Waals surface area contributed by atoms with Gasteiger partial charge in [-0.3, -0.25) is 0 Å². The molecule has 0 spiro atoms. The fourth-order valence-electron chi connectivity index (χ4n) is 1.20. The number of nitrogens with one attached hydrogen (secondary N) is 1. The van der Waals surface area contributed by atoms with Gasteiger partial charge in [-0.2, -0.15) is 13.2 Å². The van der Waals surface area contributed by atoms with Gasteiger partial charge in [-0.15, -0.1) is 0 Å². The standard InChI is InChI=1S/C9H9BrF4N2O2S2/c10-5-3-8(7(15)4-6(5)11)20(17,18)16-1-2-19-9(12,13)14/h3-4,16H,1-2,15H2. The average molecular weight is 397 g/mol. The van der Waals surface area contributed by atoms with Gasteiger partial charge in [0.05, 0.1) is 10.2 Å². The Labute approximate surface area is 125 Å². The van der Waals surface area contributed by atoms with Crippen LogP contribution in [0.15, 0.2) is 21.5 Å². The number of hydrogen-bond donors (Lipinski definition) is 2. The number of thioether (sulfide) groups is 1. The van der Waals surface area contributed by atoms with E-state index in [1.807, 2.05) is 4.72 Å². The zero-order chi connectivity index (χ0) is 15.6. The number of alkyl halides is 3. The summed E-state index contributed by atoms with van der Waals surface area (Å²) in [5, 5.41) is 0. The Bertz CT molecular complexity index is 592. The third-order valence-electron chi connectivity index (χ3n) is 2.00. The highest BCUT2D eigenvalue weighted by Crippen LogP contribution is 2.30. The van der Waals surface area contributed by atoms with E-state index in [4.69, 9.17) is 5.73 Å². The van der Waals surface area contributed by atoms with E-state index in [2.05, 4.69) is 15.9 Å². The van der Waals surface area contributed by atoms with Crippen LogP contribution in [0.1, 0.15) is 0 Å². The molecule has 0 aromatic heterocycles. The number of anilines is 1. The van der Waals surface area contributed by atoms with Gasteiger partial charge in [0.15, 0.2) is 0 Å². The zero-order valence-electron chi connectivity index (χ0n) is 9.67. The predicted octanol–water partition coefficient (Wildman–Crippen LogP) is 2.70. The Morgan fingerprint density at radius 2 is 1.95 bits per heavy atom. The van der Waals surface area contributed by atoms with Crippen LogP contribution >= 0.6 is 27.7 Å². The van der Waals surface area contributed by atoms with Gasteiger partial charge in [-0.1, -0.05) is 0 Å². The van der Waals surface area contributed by atoms with Crippen LogP contribution in [-0.2, 0) is 10.0 Å². The minimum atomic E-state index is -4.43. The monoisotopic (exact) mass is 396 g/mol. The summed E-state index contributed by atoms with van der Waals surface area (Å²) in [7, 11) is -4.10. The summed E-state index contributed by atoms with van der Waals surface area (Å²) in [6, 6.07) is 1.76. The molecule has 0 aliphatic rings. The van der Waals surface area contributed by atoms with Crippen molar-refractivity contribution in [3.63, 3.8) is 0 Å². The molecule has 0 fully saturated rings. The van der Waals surface area contributed by atoms with E-state index in [0.29, 0.717) is 0 Å². The van der Waals surface area contributed by atoms with Crippen LogP contribution in [0.3, 0.4) is 0 Å². The molecule has 0 atom stereocenters. The van der Waals surface area contributed by atoms with Gasteiger partial charge in [0.1, 0.15) is 10.7 Å². The Kier molecular flexibility index (Phi) is 5.70.